The minimum atomic E-state index is -4.72. The SMILES string of the molecule is N#Cc1cccc(F)c1N1CC[C@@H](n2c(=O)n(Cc3ccccc3C(F)(F)F)c3c(C(=O)NC(=O)O)cccc32)C1. The summed E-state index contributed by atoms with van der Waals surface area (Å²) in [7, 11) is 0. The normalized spacial score (nSPS) is 15.2. The molecular formula is C28H21F4N5O4. The molecule has 1 aliphatic rings. The van der Waals surface area contributed by atoms with Crippen LogP contribution in [0.5, 0.6) is 0 Å². The fourth-order valence-electron chi connectivity index (χ4n) is 5.37. The number of halogens is 4. The molecule has 0 spiro atoms. The Kier molecular flexibility index (Phi) is 7.00. The highest BCUT2D eigenvalue weighted by Gasteiger charge is 2.35. The summed E-state index contributed by atoms with van der Waals surface area (Å²) in [5.74, 6) is -1.67. The third kappa shape index (κ3) is 5.00. The maximum atomic E-state index is 14.7. The molecule has 1 aromatic heterocycles. The number of alkyl halides is 3. The lowest BCUT2D eigenvalue weighted by Gasteiger charge is -2.21. The van der Waals surface area contributed by atoms with Crippen molar-refractivity contribution in [2.75, 3.05) is 18.0 Å². The molecule has 210 valence electrons. The van der Waals surface area contributed by atoms with Gasteiger partial charge in [0, 0.05) is 13.1 Å². The smallest absolute Gasteiger partial charge is 0.416 e. The molecule has 1 atom stereocenters. The van der Waals surface area contributed by atoms with Crippen LogP contribution in [-0.2, 0) is 12.7 Å². The monoisotopic (exact) mass is 567 g/mol. The fourth-order valence-corrected chi connectivity index (χ4v) is 5.37. The lowest BCUT2D eigenvalue weighted by atomic mass is 10.1. The van der Waals surface area contributed by atoms with Gasteiger partial charge in [-0.05, 0) is 42.3 Å². The van der Waals surface area contributed by atoms with Crippen molar-refractivity contribution in [3.8, 4) is 6.07 Å². The first-order valence-corrected chi connectivity index (χ1v) is 12.4. The van der Waals surface area contributed by atoms with Crippen LogP contribution in [0.4, 0.5) is 28.0 Å². The zero-order valence-corrected chi connectivity index (χ0v) is 21.2. The molecule has 0 radical (unpaired) electrons. The number of aromatic nitrogens is 2. The Hall–Kier alpha value is -5.12. The van der Waals surface area contributed by atoms with E-state index in [1.165, 1.54) is 59.2 Å². The first kappa shape index (κ1) is 27.4. The quantitative estimate of drug-likeness (QED) is 0.336. The summed E-state index contributed by atoms with van der Waals surface area (Å²) in [6, 6.07) is 14.4. The number of fused-ring (bicyclic) bond motifs is 1. The van der Waals surface area contributed by atoms with Crippen LogP contribution in [0.1, 0.15) is 39.5 Å². The Bertz CT molecular complexity index is 1790. The van der Waals surface area contributed by atoms with Gasteiger partial charge in [0.1, 0.15) is 11.9 Å². The molecule has 2 amide bonds. The predicted octanol–water partition coefficient (Wildman–Crippen LogP) is 4.74. The summed E-state index contributed by atoms with van der Waals surface area (Å²) < 4.78 is 58.4. The van der Waals surface area contributed by atoms with Gasteiger partial charge in [-0.3, -0.25) is 19.2 Å². The molecule has 2 N–H and O–H groups in total. The second-order valence-corrected chi connectivity index (χ2v) is 9.46. The average Bonchev–Trinajstić information content (AvgIpc) is 3.50. The van der Waals surface area contributed by atoms with Gasteiger partial charge in [-0.2, -0.15) is 18.4 Å². The molecule has 0 bridgehead atoms. The van der Waals surface area contributed by atoms with Crippen LogP contribution in [-0.4, -0.2) is 39.3 Å². The van der Waals surface area contributed by atoms with Gasteiger partial charge < -0.3 is 10.0 Å². The molecule has 0 aliphatic carbocycles. The number of hydrogen-bond acceptors (Lipinski definition) is 5. The number of hydrogen-bond donors (Lipinski definition) is 2. The molecule has 41 heavy (non-hydrogen) atoms. The van der Waals surface area contributed by atoms with Crippen LogP contribution in [0.15, 0.2) is 65.5 Å². The Morgan fingerprint density at radius 1 is 1.07 bits per heavy atom. The number of nitrogens with one attached hydrogen (secondary N) is 1. The summed E-state index contributed by atoms with van der Waals surface area (Å²) in [6.45, 7) is -0.188. The molecule has 2 heterocycles. The number of benzene rings is 3. The molecule has 13 heteroatoms. The minimum absolute atomic E-state index is 0.0460. The van der Waals surface area contributed by atoms with E-state index in [1.54, 1.807) is 10.2 Å². The number of imidazole rings is 1. The number of carbonyl (C=O) groups is 2. The van der Waals surface area contributed by atoms with E-state index in [4.69, 9.17) is 5.11 Å². The van der Waals surface area contributed by atoms with Gasteiger partial charge in [-0.1, -0.05) is 30.3 Å². The Morgan fingerprint density at radius 2 is 1.80 bits per heavy atom. The van der Waals surface area contributed by atoms with Crippen LogP contribution in [0.25, 0.3) is 11.0 Å². The van der Waals surface area contributed by atoms with E-state index < -0.39 is 47.8 Å². The molecular weight excluding hydrogens is 546 g/mol. The van der Waals surface area contributed by atoms with E-state index in [9.17, 15) is 37.2 Å². The number of para-hydroxylation sites is 2. The summed E-state index contributed by atoms with van der Waals surface area (Å²) >= 11 is 0. The molecule has 1 aliphatic heterocycles. The number of nitriles is 1. The van der Waals surface area contributed by atoms with E-state index in [-0.39, 0.29) is 46.5 Å². The average molecular weight is 567 g/mol. The summed E-state index contributed by atoms with van der Waals surface area (Å²) in [4.78, 5) is 39.5. The van der Waals surface area contributed by atoms with Gasteiger partial charge in [-0.15, -0.1) is 0 Å². The third-order valence-electron chi connectivity index (χ3n) is 7.05. The second-order valence-electron chi connectivity index (χ2n) is 9.46. The first-order chi connectivity index (χ1) is 19.5. The molecule has 1 fully saturated rings. The van der Waals surface area contributed by atoms with E-state index >= 15 is 0 Å². The van der Waals surface area contributed by atoms with Gasteiger partial charge in [0.2, 0.25) is 0 Å². The van der Waals surface area contributed by atoms with Crippen molar-refractivity contribution in [2.45, 2.75) is 25.2 Å². The van der Waals surface area contributed by atoms with Crippen molar-refractivity contribution in [3.05, 3.63) is 99.2 Å². The molecule has 0 saturated carbocycles. The van der Waals surface area contributed by atoms with Crippen LogP contribution in [0, 0.1) is 17.1 Å². The van der Waals surface area contributed by atoms with Crippen molar-refractivity contribution < 1.29 is 32.3 Å². The Balaban J connectivity index is 1.67. The number of carboxylic acid groups (broad SMARTS) is 1. The number of anilines is 1. The molecule has 0 unspecified atom stereocenters. The largest absolute Gasteiger partial charge is 0.465 e. The van der Waals surface area contributed by atoms with E-state index in [0.29, 0.717) is 6.42 Å². The van der Waals surface area contributed by atoms with Crippen molar-refractivity contribution in [3.63, 3.8) is 0 Å². The number of imide groups is 1. The summed E-state index contributed by atoms with van der Waals surface area (Å²) in [6.07, 6.45) is -6.04. The van der Waals surface area contributed by atoms with Crippen LogP contribution >= 0.6 is 0 Å². The predicted molar refractivity (Wildman–Crippen MR) is 139 cm³/mol. The molecule has 3 aromatic carbocycles. The summed E-state index contributed by atoms with van der Waals surface area (Å²) in [5.41, 5.74) is -1.81. The highest BCUT2D eigenvalue weighted by atomic mass is 19.4. The zero-order valence-electron chi connectivity index (χ0n) is 21.2. The maximum absolute atomic E-state index is 14.7. The molecule has 5 rings (SSSR count). The van der Waals surface area contributed by atoms with Gasteiger partial charge >= 0.3 is 18.0 Å². The maximum Gasteiger partial charge on any atom is 0.416 e. The molecule has 4 aromatic rings. The fraction of sp³-hybridized carbons (Fsp3) is 0.214. The van der Waals surface area contributed by atoms with Crippen molar-refractivity contribution in [2.24, 2.45) is 0 Å². The number of carbonyl (C=O) groups excluding carboxylic acids is 1. The van der Waals surface area contributed by atoms with Gasteiger partial charge in [0.05, 0.1) is 46.0 Å². The van der Waals surface area contributed by atoms with Crippen molar-refractivity contribution in [1.29, 1.82) is 5.26 Å². The van der Waals surface area contributed by atoms with E-state index in [2.05, 4.69) is 0 Å². The Morgan fingerprint density at radius 3 is 2.51 bits per heavy atom. The lowest BCUT2D eigenvalue weighted by Crippen LogP contribution is -2.31. The minimum Gasteiger partial charge on any atom is -0.465 e. The van der Waals surface area contributed by atoms with Crippen LogP contribution < -0.4 is 15.9 Å². The lowest BCUT2D eigenvalue weighted by molar-refractivity contribution is -0.138. The van der Waals surface area contributed by atoms with Crippen molar-refractivity contribution >= 4 is 28.7 Å². The highest BCUT2D eigenvalue weighted by molar-refractivity contribution is 6.09. The highest BCUT2D eigenvalue weighted by Crippen LogP contribution is 2.35. The zero-order chi connectivity index (χ0) is 29.5. The summed E-state index contributed by atoms with van der Waals surface area (Å²) in [5, 5.41) is 20.3. The number of amides is 2. The Labute approximate surface area is 229 Å². The number of rotatable bonds is 5. The first-order valence-electron chi connectivity index (χ1n) is 12.4. The molecule has 9 nitrogen and oxygen atoms in total. The third-order valence-corrected chi connectivity index (χ3v) is 7.05. The molecule has 1 saturated heterocycles. The second kappa shape index (κ2) is 10.5. The van der Waals surface area contributed by atoms with Gasteiger partial charge in [-0.25, -0.2) is 14.0 Å². The van der Waals surface area contributed by atoms with E-state index in [1.807, 2.05) is 6.07 Å². The van der Waals surface area contributed by atoms with Crippen molar-refractivity contribution in [1.82, 2.24) is 14.5 Å². The topological polar surface area (TPSA) is 120 Å². The van der Waals surface area contributed by atoms with Gasteiger partial charge in [0.15, 0.2) is 0 Å². The van der Waals surface area contributed by atoms with Gasteiger partial charge in [0.25, 0.3) is 5.91 Å². The standard InChI is InChI=1S/C28H21F4N5O4/c29-21-9-3-6-16(13-33)23(21)35-12-11-18(15-35)37-22-10-4-7-19(25(38)34-26(39)40)24(22)36(27(37)41)14-17-5-1-2-8-20(17)28(30,31)32/h1-10,18H,11-12,14-15H2,(H,34,38)(H,39,40)/t18-/m1/s1. The number of nitrogens with zero attached hydrogens (tertiary/aromatic N) is 4. The van der Waals surface area contributed by atoms with Crippen LogP contribution in [0.3, 0.4) is 0 Å². The van der Waals surface area contributed by atoms with Crippen LogP contribution in [0.2, 0.25) is 0 Å². The van der Waals surface area contributed by atoms with E-state index in [0.717, 1.165) is 10.6 Å².